The summed E-state index contributed by atoms with van der Waals surface area (Å²) < 4.78 is 5.99. The van der Waals surface area contributed by atoms with Gasteiger partial charge >= 0.3 is 0 Å². The second-order valence-corrected chi connectivity index (χ2v) is 7.63. The summed E-state index contributed by atoms with van der Waals surface area (Å²) in [7, 11) is 0. The minimum absolute atomic E-state index is 0.0997. The first-order valence-electron chi connectivity index (χ1n) is 9.91. The molecule has 1 heterocycles. The Labute approximate surface area is 174 Å². The molecule has 0 amide bonds. The molecule has 156 valence electrons. The number of nitrogens with two attached hydrogens (primary N) is 2. The number of rotatable bonds is 4. The summed E-state index contributed by atoms with van der Waals surface area (Å²) in [6.45, 7) is 1.91. The second kappa shape index (κ2) is 7.66. The Morgan fingerprint density at radius 2 is 1.87 bits per heavy atom. The summed E-state index contributed by atoms with van der Waals surface area (Å²) in [5, 5.41) is 11.6. The predicted octanol–water partition coefficient (Wildman–Crippen LogP) is 3.81. The van der Waals surface area contributed by atoms with E-state index in [1.807, 2.05) is 31.2 Å². The fourth-order valence-electron chi connectivity index (χ4n) is 4.15. The van der Waals surface area contributed by atoms with Gasteiger partial charge in [0.2, 0.25) is 11.9 Å². The number of hydrogen-bond acceptors (Lipinski definition) is 8. The molecule has 1 spiro atoms. The summed E-state index contributed by atoms with van der Waals surface area (Å²) in [5.41, 5.74) is 12.8. The van der Waals surface area contributed by atoms with E-state index in [-0.39, 0.29) is 17.6 Å². The van der Waals surface area contributed by atoms with E-state index >= 15 is 0 Å². The Morgan fingerprint density at radius 1 is 1.13 bits per heavy atom. The lowest BCUT2D eigenvalue weighted by Crippen LogP contribution is -2.58. The zero-order chi connectivity index (χ0) is 21.3. The van der Waals surface area contributed by atoms with Crippen LogP contribution in [0.5, 0.6) is 11.5 Å². The standard InChI is InChI=1S/C21H24N6O3/c1-14-7-3-4-8-18(14)30-17-12-15(11-16(13-17)27(28)29)26-20(23)24-19(22)25-21(26)9-5-2-6-10-21/h3-4,7-8,11-13H,2,5-6,9-10H2,1H3,(H4,22,23,24,25). The molecule has 2 aliphatic rings. The fourth-order valence-corrected chi connectivity index (χ4v) is 4.15. The molecular formula is C21H24N6O3. The van der Waals surface area contributed by atoms with Gasteiger partial charge in [-0.15, -0.1) is 0 Å². The molecule has 30 heavy (non-hydrogen) atoms. The van der Waals surface area contributed by atoms with Crippen molar-refractivity contribution in [1.29, 1.82) is 0 Å². The number of nitro groups is 1. The van der Waals surface area contributed by atoms with Gasteiger partial charge in [-0.25, -0.2) is 4.99 Å². The van der Waals surface area contributed by atoms with Crippen LogP contribution in [0.1, 0.15) is 37.7 Å². The van der Waals surface area contributed by atoms with E-state index in [4.69, 9.17) is 16.2 Å². The Kier molecular flexibility index (Phi) is 5.03. The van der Waals surface area contributed by atoms with Crippen LogP contribution >= 0.6 is 0 Å². The first-order valence-corrected chi connectivity index (χ1v) is 9.91. The summed E-state index contributed by atoms with van der Waals surface area (Å²) >= 11 is 0. The van der Waals surface area contributed by atoms with E-state index < -0.39 is 10.6 Å². The summed E-state index contributed by atoms with van der Waals surface area (Å²) in [4.78, 5) is 21.7. The maximum Gasteiger partial charge on any atom is 0.275 e. The molecule has 0 radical (unpaired) electrons. The molecule has 1 aliphatic carbocycles. The van der Waals surface area contributed by atoms with Crippen LogP contribution in [0.25, 0.3) is 0 Å². The number of para-hydroxylation sites is 1. The fraction of sp³-hybridized carbons (Fsp3) is 0.333. The van der Waals surface area contributed by atoms with Crippen molar-refractivity contribution in [2.45, 2.75) is 44.7 Å². The van der Waals surface area contributed by atoms with Gasteiger partial charge in [-0.3, -0.25) is 15.0 Å². The first kappa shape index (κ1) is 19.7. The minimum Gasteiger partial charge on any atom is -0.457 e. The highest BCUT2D eigenvalue weighted by Crippen LogP contribution is 2.42. The first-order chi connectivity index (χ1) is 14.4. The molecule has 2 aromatic carbocycles. The van der Waals surface area contributed by atoms with Crippen molar-refractivity contribution in [3.05, 3.63) is 58.1 Å². The lowest BCUT2D eigenvalue weighted by Gasteiger charge is -2.45. The number of non-ortho nitro benzene ring substituents is 1. The SMILES string of the molecule is Cc1ccccc1Oc1cc(N2C(N)=NC(N)=NC23CCCCC3)cc([N+](=O)[O-])c1. The van der Waals surface area contributed by atoms with Crippen LogP contribution in [0.2, 0.25) is 0 Å². The van der Waals surface area contributed by atoms with Gasteiger partial charge in [0.05, 0.1) is 16.7 Å². The van der Waals surface area contributed by atoms with E-state index in [1.54, 1.807) is 11.0 Å². The van der Waals surface area contributed by atoms with Crippen LogP contribution in [-0.2, 0) is 0 Å². The highest BCUT2D eigenvalue weighted by atomic mass is 16.6. The molecule has 1 fully saturated rings. The predicted molar refractivity (Wildman–Crippen MR) is 116 cm³/mol. The molecule has 9 nitrogen and oxygen atoms in total. The molecule has 0 bridgehead atoms. The van der Waals surface area contributed by atoms with Crippen molar-refractivity contribution in [2.24, 2.45) is 21.5 Å². The lowest BCUT2D eigenvalue weighted by molar-refractivity contribution is -0.384. The lowest BCUT2D eigenvalue weighted by atomic mass is 9.87. The maximum absolute atomic E-state index is 11.6. The van der Waals surface area contributed by atoms with Crippen molar-refractivity contribution < 1.29 is 9.66 Å². The van der Waals surface area contributed by atoms with Crippen molar-refractivity contribution in [2.75, 3.05) is 4.90 Å². The zero-order valence-electron chi connectivity index (χ0n) is 16.7. The van der Waals surface area contributed by atoms with Gasteiger partial charge in [-0.05, 0) is 44.2 Å². The van der Waals surface area contributed by atoms with Crippen molar-refractivity contribution in [3.8, 4) is 11.5 Å². The van der Waals surface area contributed by atoms with Gasteiger partial charge in [0.1, 0.15) is 17.2 Å². The number of guanidine groups is 2. The van der Waals surface area contributed by atoms with Gasteiger partial charge in [-0.2, -0.15) is 4.99 Å². The second-order valence-electron chi connectivity index (χ2n) is 7.63. The number of aryl methyl sites for hydroxylation is 1. The Bertz CT molecular complexity index is 1040. The number of nitrogens with zero attached hydrogens (tertiary/aromatic N) is 4. The largest absolute Gasteiger partial charge is 0.457 e. The smallest absolute Gasteiger partial charge is 0.275 e. The highest BCUT2D eigenvalue weighted by Gasteiger charge is 2.43. The average molecular weight is 408 g/mol. The molecule has 2 aromatic rings. The molecule has 0 saturated heterocycles. The van der Waals surface area contributed by atoms with Crippen LogP contribution in [0.3, 0.4) is 0 Å². The molecule has 9 heteroatoms. The van der Waals surface area contributed by atoms with Gasteiger partial charge < -0.3 is 16.2 Å². The van der Waals surface area contributed by atoms with Crippen molar-refractivity contribution in [1.82, 2.24) is 0 Å². The number of hydrogen-bond donors (Lipinski definition) is 2. The van der Waals surface area contributed by atoms with E-state index in [0.717, 1.165) is 37.7 Å². The molecule has 0 aromatic heterocycles. The Morgan fingerprint density at radius 3 is 2.57 bits per heavy atom. The Balaban J connectivity index is 1.81. The average Bonchev–Trinajstić information content (AvgIpc) is 2.69. The molecule has 0 atom stereocenters. The van der Waals surface area contributed by atoms with Gasteiger partial charge in [-0.1, -0.05) is 24.6 Å². The van der Waals surface area contributed by atoms with Gasteiger partial charge in [0.25, 0.3) is 5.69 Å². The van der Waals surface area contributed by atoms with Crippen LogP contribution < -0.4 is 21.1 Å². The van der Waals surface area contributed by atoms with Crippen molar-refractivity contribution in [3.63, 3.8) is 0 Å². The number of benzene rings is 2. The van der Waals surface area contributed by atoms with Crippen molar-refractivity contribution >= 4 is 23.3 Å². The van der Waals surface area contributed by atoms with Crippen LogP contribution in [0, 0.1) is 17.0 Å². The molecule has 0 unspecified atom stereocenters. The quantitative estimate of drug-likeness (QED) is 0.584. The molecular weight excluding hydrogens is 384 g/mol. The number of nitro benzene ring substituents is 1. The molecule has 4 N–H and O–H groups in total. The van der Waals surface area contributed by atoms with Crippen LogP contribution in [0.15, 0.2) is 52.4 Å². The van der Waals surface area contributed by atoms with Crippen LogP contribution in [-0.4, -0.2) is 22.5 Å². The monoisotopic (exact) mass is 408 g/mol. The molecule has 1 saturated carbocycles. The van der Waals surface area contributed by atoms with Gasteiger partial charge in [0, 0.05) is 12.1 Å². The van der Waals surface area contributed by atoms with E-state index in [9.17, 15) is 10.1 Å². The summed E-state index contributed by atoms with van der Waals surface area (Å²) in [6.07, 6.45) is 4.49. The van der Waals surface area contributed by atoms with Gasteiger partial charge in [0.15, 0.2) is 0 Å². The topological polar surface area (TPSA) is 132 Å². The van der Waals surface area contributed by atoms with E-state index in [1.165, 1.54) is 12.1 Å². The third-order valence-corrected chi connectivity index (χ3v) is 5.52. The highest BCUT2D eigenvalue weighted by molar-refractivity contribution is 6.05. The Hall–Kier alpha value is -3.62. The third-order valence-electron chi connectivity index (χ3n) is 5.52. The summed E-state index contributed by atoms with van der Waals surface area (Å²) in [5.74, 6) is 1.27. The number of aliphatic imine (C=N–C) groups is 2. The number of anilines is 1. The maximum atomic E-state index is 11.6. The van der Waals surface area contributed by atoms with Crippen LogP contribution in [0.4, 0.5) is 11.4 Å². The van der Waals surface area contributed by atoms with E-state index in [0.29, 0.717) is 17.2 Å². The van der Waals surface area contributed by atoms with E-state index in [2.05, 4.69) is 9.98 Å². The molecule has 1 aliphatic heterocycles. The molecule has 4 rings (SSSR count). The summed E-state index contributed by atoms with van der Waals surface area (Å²) in [6, 6.07) is 12.1. The number of ether oxygens (including phenoxy) is 1. The minimum atomic E-state index is -0.691. The normalized spacial score (nSPS) is 18.0. The third kappa shape index (κ3) is 3.66. The zero-order valence-corrected chi connectivity index (χ0v) is 16.7.